The number of benzene rings is 2. The molecule has 0 saturated carbocycles. The van der Waals surface area contributed by atoms with Crippen molar-refractivity contribution in [1.29, 1.82) is 0 Å². The maximum Gasteiger partial charge on any atom is 0.573 e. The number of hydrogen-bond donors (Lipinski definition) is 3. The van der Waals surface area contributed by atoms with Crippen molar-refractivity contribution in [2.24, 2.45) is 0 Å². The summed E-state index contributed by atoms with van der Waals surface area (Å²) in [5.74, 6) is -0.338. The number of ether oxygens (including phenoxy) is 1. The lowest BCUT2D eigenvalue weighted by Crippen LogP contribution is -2.28. The van der Waals surface area contributed by atoms with Gasteiger partial charge in [0, 0.05) is 11.9 Å². The number of nitrogens with one attached hydrogen (secondary N) is 3. The fourth-order valence-electron chi connectivity index (χ4n) is 2.28. The molecule has 130 valence electrons. The predicted octanol–water partition coefficient (Wildman–Crippen LogP) is 3.78. The Kier molecular flexibility index (Phi) is 4.46. The first-order valence-corrected chi connectivity index (χ1v) is 7.22. The van der Waals surface area contributed by atoms with Gasteiger partial charge in [0.2, 0.25) is 0 Å². The van der Waals surface area contributed by atoms with Crippen LogP contribution in [-0.4, -0.2) is 22.6 Å². The molecular formula is C16H13F3N4O2. The Labute approximate surface area is 140 Å². The number of rotatable bonds is 4. The van der Waals surface area contributed by atoms with Crippen LogP contribution in [0.3, 0.4) is 0 Å². The van der Waals surface area contributed by atoms with E-state index in [0.717, 1.165) is 10.9 Å². The predicted molar refractivity (Wildman–Crippen MR) is 85.1 cm³/mol. The van der Waals surface area contributed by atoms with Crippen LogP contribution >= 0.6 is 0 Å². The number of aromatic nitrogens is 2. The summed E-state index contributed by atoms with van der Waals surface area (Å²) >= 11 is 0. The van der Waals surface area contributed by atoms with E-state index in [1.165, 1.54) is 18.2 Å². The van der Waals surface area contributed by atoms with E-state index in [-0.39, 0.29) is 12.3 Å². The minimum atomic E-state index is -4.76. The molecule has 9 heteroatoms. The normalized spacial score (nSPS) is 11.3. The Morgan fingerprint density at radius 2 is 2.00 bits per heavy atom. The van der Waals surface area contributed by atoms with Crippen LogP contribution in [0.2, 0.25) is 0 Å². The summed E-state index contributed by atoms with van der Waals surface area (Å²) < 4.78 is 40.5. The monoisotopic (exact) mass is 350 g/mol. The summed E-state index contributed by atoms with van der Waals surface area (Å²) in [7, 11) is 0. The zero-order chi connectivity index (χ0) is 17.9. The molecule has 1 heterocycles. The molecule has 0 aliphatic rings. The van der Waals surface area contributed by atoms with E-state index in [1.807, 2.05) is 6.07 Å². The Morgan fingerprint density at radius 3 is 2.80 bits per heavy atom. The SMILES string of the molecule is O=C(NCc1cccc(OC(F)(F)F)c1)Nc1cccc2[nH]ncc12. The summed E-state index contributed by atoms with van der Waals surface area (Å²) in [6.07, 6.45) is -3.17. The maximum atomic E-state index is 12.2. The van der Waals surface area contributed by atoms with Crippen LogP contribution < -0.4 is 15.4 Å². The molecule has 3 N–H and O–H groups in total. The molecule has 6 nitrogen and oxygen atoms in total. The van der Waals surface area contributed by atoms with E-state index >= 15 is 0 Å². The average Bonchev–Trinajstić information content (AvgIpc) is 3.01. The molecule has 0 aliphatic heterocycles. The van der Waals surface area contributed by atoms with Crippen molar-refractivity contribution < 1.29 is 22.7 Å². The molecule has 25 heavy (non-hydrogen) atoms. The lowest BCUT2D eigenvalue weighted by molar-refractivity contribution is -0.274. The summed E-state index contributed by atoms with van der Waals surface area (Å²) in [5, 5.41) is 12.7. The first-order chi connectivity index (χ1) is 11.9. The highest BCUT2D eigenvalue weighted by Crippen LogP contribution is 2.23. The number of anilines is 1. The van der Waals surface area contributed by atoms with Crippen LogP contribution in [0.4, 0.5) is 23.7 Å². The lowest BCUT2D eigenvalue weighted by Gasteiger charge is -2.11. The summed E-state index contributed by atoms with van der Waals surface area (Å²) in [5.41, 5.74) is 1.81. The quantitative estimate of drug-likeness (QED) is 0.670. The molecule has 0 fully saturated rings. The average molecular weight is 350 g/mol. The van der Waals surface area contributed by atoms with Gasteiger partial charge in [0.1, 0.15) is 5.75 Å². The van der Waals surface area contributed by atoms with Crippen molar-refractivity contribution >= 4 is 22.6 Å². The molecule has 0 unspecified atom stereocenters. The van der Waals surface area contributed by atoms with Crippen LogP contribution in [0.15, 0.2) is 48.7 Å². The van der Waals surface area contributed by atoms with Gasteiger partial charge in [0.05, 0.1) is 17.4 Å². The van der Waals surface area contributed by atoms with Gasteiger partial charge in [-0.15, -0.1) is 13.2 Å². The summed E-state index contributed by atoms with van der Waals surface area (Å²) in [6.45, 7) is 0.0439. The number of aromatic amines is 1. The van der Waals surface area contributed by atoms with Crippen molar-refractivity contribution in [2.45, 2.75) is 12.9 Å². The van der Waals surface area contributed by atoms with Crippen LogP contribution in [0.1, 0.15) is 5.56 Å². The molecule has 2 aromatic carbocycles. The highest BCUT2D eigenvalue weighted by atomic mass is 19.4. The van der Waals surface area contributed by atoms with Gasteiger partial charge in [-0.25, -0.2) is 4.79 Å². The number of urea groups is 1. The number of H-pyrrole nitrogens is 1. The van der Waals surface area contributed by atoms with Crippen molar-refractivity contribution in [3.63, 3.8) is 0 Å². The molecule has 3 rings (SSSR count). The fraction of sp³-hybridized carbons (Fsp3) is 0.125. The van der Waals surface area contributed by atoms with Gasteiger partial charge in [-0.3, -0.25) is 5.10 Å². The highest BCUT2D eigenvalue weighted by Gasteiger charge is 2.31. The number of carbonyl (C=O) groups is 1. The molecule has 2 amide bonds. The van der Waals surface area contributed by atoms with Crippen LogP contribution in [0.25, 0.3) is 10.9 Å². The summed E-state index contributed by atoms with van der Waals surface area (Å²) in [6, 6.07) is 10.2. The van der Waals surface area contributed by atoms with Gasteiger partial charge in [0.15, 0.2) is 0 Å². The van der Waals surface area contributed by atoms with Crippen LogP contribution in [0, 0.1) is 0 Å². The highest BCUT2D eigenvalue weighted by molar-refractivity contribution is 6.00. The third-order valence-corrected chi connectivity index (χ3v) is 3.32. The fourth-order valence-corrected chi connectivity index (χ4v) is 2.28. The van der Waals surface area contributed by atoms with Gasteiger partial charge in [-0.05, 0) is 29.8 Å². The van der Waals surface area contributed by atoms with Crippen LogP contribution in [-0.2, 0) is 6.54 Å². The molecule has 0 atom stereocenters. The molecule has 0 radical (unpaired) electrons. The number of hydrogen-bond acceptors (Lipinski definition) is 3. The largest absolute Gasteiger partial charge is 0.573 e. The number of amides is 2. The first kappa shape index (κ1) is 16.6. The standard InChI is InChI=1S/C16H13F3N4O2/c17-16(18,19)25-11-4-1-3-10(7-11)8-20-15(24)22-13-5-2-6-14-12(13)9-21-23-14/h1-7,9H,8H2,(H,21,23)(H2,20,22,24). The molecule has 1 aromatic heterocycles. The third kappa shape index (κ3) is 4.40. The second kappa shape index (κ2) is 6.71. The van der Waals surface area contributed by atoms with E-state index in [4.69, 9.17) is 0 Å². The van der Waals surface area contributed by atoms with E-state index in [1.54, 1.807) is 24.4 Å². The molecule has 0 spiro atoms. The number of carbonyl (C=O) groups excluding carboxylic acids is 1. The van der Waals surface area contributed by atoms with E-state index < -0.39 is 12.4 Å². The topological polar surface area (TPSA) is 79.0 Å². The second-order valence-electron chi connectivity index (χ2n) is 5.14. The lowest BCUT2D eigenvalue weighted by atomic mass is 10.2. The van der Waals surface area contributed by atoms with Crippen molar-refractivity contribution in [3.05, 3.63) is 54.2 Å². The second-order valence-corrected chi connectivity index (χ2v) is 5.14. The van der Waals surface area contributed by atoms with Gasteiger partial charge in [-0.1, -0.05) is 18.2 Å². The van der Waals surface area contributed by atoms with Crippen molar-refractivity contribution in [2.75, 3.05) is 5.32 Å². The van der Waals surface area contributed by atoms with Crippen molar-refractivity contribution in [3.8, 4) is 5.75 Å². The first-order valence-electron chi connectivity index (χ1n) is 7.22. The third-order valence-electron chi connectivity index (χ3n) is 3.32. The minimum absolute atomic E-state index is 0.0439. The van der Waals surface area contributed by atoms with E-state index in [0.29, 0.717) is 11.3 Å². The molecule has 0 bridgehead atoms. The van der Waals surface area contributed by atoms with Crippen LogP contribution in [0.5, 0.6) is 5.75 Å². The Bertz CT molecular complexity index is 892. The number of alkyl halides is 3. The van der Waals surface area contributed by atoms with Crippen molar-refractivity contribution in [1.82, 2.24) is 15.5 Å². The van der Waals surface area contributed by atoms with Gasteiger partial charge >= 0.3 is 12.4 Å². The maximum absolute atomic E-state index is 12.2. The molecule has 3 aromatic rings. The molecule has 0 saturated heterocycles. The minimum Gasteiger partial charge on any atom is -0.406 e. The van der Waals surface area contributed by atoms with E-state index in [9.17, 15) is 18.0 Å². The number of halogens is 3. The zero-order valence-corrected chi connectivity index (χ0v) is 12.7. The van der Waals surface area contributed by atoms with Gasteiger partial charge in [-0.2, -0.15) is 5.10 Å². The Morgan fingerprint density at radius 1 is 1.20 bits per heavy atom. The zero-order valence-electron chi connectivity index (χ0n) is 12.7. The number of fused-ring (bicyclic) bond motifs is 1. The van der Waals surface area contributed by atoms with Gasteiger partial charge < -0.3 is 15.4 Å². The number of nitrogens with zero attached hydrogens (tertiary/aromatic N) is 1. The van der Waals surface area contributed by atoms with E-state index in [2.05, 4.69) is 25.6 Å². The molecule has 0 aliphatic carbocycles. The summed E-state index contributed by atoms with van der Waals surface area (Å²) in [4.78, 5) is 12.0. The molecular weight excluding hydrogens is 337 g/mol. The Hall–Kier alpha value is -3.23. The smallest absolute Gasteiger partial charge is 0.406 e. The van der Waals surface area contributed by atoms with Gasteiger partial charge in [0.25, 0.3) is 0 Å². The Balaban J connectivity index is 1.61.